The summed E-state index contributed by atoms with van der Waals surface area (Å²) in [6.45, 7) is -1.39. The highest BCUT2D eigenvalue weighted by atomic mass is 35.5. The van der Waals surface area contributed by atoms with Crippen LogP contribution in [0.3, 0.4) is 0 Å². The first-order chi connectivity index (χ1) is 13.8. The van der Waals surface area contributed by atoms with Crippen molar-refractivity contribution in [2.75, 3.05) is 18.5 Å². The summed E-state index contributed by atoms with van der Waals surface area (Å²) in [5.74, 6) is -3.03. The molecule has 0 bridgehead atoms. The Morgan fingerprint density at radius 3 is 2.31 bits per heavy atom. The van der Waals surface area contributed by atoms with E-state index < -0.39 is 41.8 Å². The molecular weight excluding hydrogens is 406 g/mol. The molecule has 29 heavy (non-hydrogen) atoms. The summed E-state index contributed by atoms with van der Waals surface area (Å²) in [4.78, 5) is 59.1. The molecule has 0 unspecified atom stereocenters. The van der Waals surface area contributed by atoms with Crippen LogP contribution in [0.2, 0.25) is 5.02 Å². The van der Waals surface area contributed by atoms with Crippen molar-refractivity contribution in [1.82, 2.24) is 4.90 Å². The molecule has 2 aromatic carbocycles. The Labute approximate surface area is 168 Å². The van der Waals surface area contributed by atoms with Crippen molar-refractivity contribution >= 4 is 46.7 Å². The third kappa shape index (κ3) is 4.22. The number of ether oxygens (including phenoxy) is 1. The second-order valence-corrected chi connectivity index (χ2v) is 6.28. The Hall–Kier alpha value is -3.79. The zero-order chi connectivity index (χ0) is 21.1. The number of esters is 1. The van der Waals surface area contributed by atoms with E-state index in [4.69, 9.17) is 16.3 Å². The summed E-state index contributed by atoms with van der Waals surface area (Å²) in [7, 11) is 0. The first kappa shape index (κ1) is 20.0. The molecule has 2 aromatic rings. The van der Waals surface area contributed by atoms with Crippen molar-refractivity contribution in [3.63, 3.8) is 0 Å². The molecule has 11 heteroatoms. The SMILES string of the molecule is O=C(COC(=O)CN1C(=O)c2ccccc2C1=O)Nc1cc([N+](=O)[O-])ccc1Cl. The van der Waals surface area contributed by atoms with Crippen LogP contribution in [0.1, 0.15) is 20.7 Å². The molecule has 0 atom stereocenters. The minimum absolute atomic E-state index is 0.0257. The van der Waals surface area contributed by atoms with E-state index in [1.54, 1.807) is 12.1 Å². The van der Waals surface area contributed by atoms with Crippen LogP contribution in [-0.4, -0.2) is 46.7 Å². The third-order valence-corrected chi connectivity index (χ3v) is 4.29. The lowest BCUT2D eigenvalue weighted by Crippen LogP contribution is -2.36. The quantitative estimate of drug-likeness (QED) is 0.328. The number of hydrogen-bond donors (Lipinski definition) is 1. The molecule has 148 valence electrons. The van der Waals surface area contributed by atoms with Gasteiger partial charge in [0, 0.05) is 12.1 Å². The van der Waals surface area contributed by atoms with Gasteiger partial charge in [0.15, 0.2) is 6.61 Å². The van der Waals surface area contributed by atoms with Gasteiger partial charge in [-0.3, -0.25) is 34.2 Å². The topological polar surface area (TPSA) is 136 Å². The number of benzene rings is 2. The summed E-state index contributed by atoms with van der Waals surface area (Å²) in [6.07, 6.45) is 0. The molecule has 0 saturated heterocycles. The average molecular weight is 418 g/mol. The highest BCUT2D eigenvalue weighted by molar-refractivity contribution is 6.33. The van der Waals surface area contributed by atoms with Crippen molar-refractivity contribution in [3.8, 4) is 0 Å². The van der Waals surface area contributed by atoms with Gasteiger partial charge < -0.3 is 10.1 Å². The minimum Gasteiger partial charge on any atom is -0.454 e. The van der Waals surface area contributed by atoms with Crippen LogP contribution in [0.15, 0.2) is 42.5 Å². The lowest BCUT2D eigenvalue weighted by molar-refractivity contribution is -0.384. The number of halogens is 1. The van der Waals surface area contributed by atoms with E-state index in [1.807, 2.05) is 0 Å². The molecule has 1 aliphatic rings. The lowest BCUT2D eigenvalue weighted by Gasteiger charge is -2.13. The largest absolute Gasteiger partial charge is 0.454 e. The molecule has 0 spiro atoms. The van der Waals surface area contributed by atoms with E-state index in [0.29, 0.717) is 0 Å². The molecule has 3 rings (SSSR count). The maximum absolute atomic E-state index is 12.2. The van der Waals surface area contributed by atoms with Crippen molar-refractivity contribution in [3.05, 3.63) is 68.7 Å². The number of nitrogens with zero attached hydrogens (tertiary/aromatic N) is 2. The molecule has 1 heterocycles. The molecule has 0 saturated carbocycles. The fourth-order valence-corrected chi connectivity index (χ4v) is 2.78. The average Bonchev–Trinajstić information content (AvgIpc) is 2.93. The number of imide groups is 1. The van der Waals surface area contributed by atoms with Crippen molar-refractivity contribution in [2.45, 2.75) is 0 Å². The van der Waals surface area contributed by atoms with Gasteiger partial charge in [0.2, 0.25) is 0 Å². The van der Waals surface area contributed by atoms with Crippen LogP contribution >= 0.6 is 11.6 Å². The molecule has 0 aliphatic carbocycles. The normalized spacial score (nSPS) is 12.5. The van der Waals surface area contributed by atoms with E-state index >= 15 is 0 Å². The van der Waals surface area contributed by atoms with Crippen LogP contribution in [0.25, 0.3) is 0 Å². The summed E-state index contributed by atoms with van der Waals surface area (Å²) < 4.78 is 4.78. The molecule has 1 aliphatic heterocycles. The van der Waals surface area contributed by atoms with Crippen molar-refractivity contribution in [1.29, 1.82) is 0 Å². The number of carbonyl (C=O) groups excluding carboxylic acids is 4. The molecule has 10 nitrogen and oxygen atoms in total. The summed E-state index contributed by atoms with van der Waals surface area (Å²) in [6, 6.07) is 9.59. The molecule has 0 fully saturated rings. The molecular formula is C18H12ClN3O7. The number of nitro groups is 1. The second kappa shape index (κ2) is 8.07. The van der Waals surface area contributed by atoms with Gasteiger partial charge in [0.25, 0.3) is 23.4 Å². The predicted molar refractivity (Wildman–Crippen MR) is 99.5 cm³/mol. The number of amides is 3. The van der Waals surface area contributed by atoms with Crippen LogP contribution < -0.4 is 5.32 Å². The third-order valence-electron chi connectivity index (χ3n) is 3.96. The van der Waals surface area contributed by atoms with Gasteiger partial charge in [0.1, 0.15) is 6.54 Å². The van der Waals surface area contributed by atoms with Crippen LogP contribution in [0, 0.1) is 10.1 Å². The van der Waals surface area contributed by atoms with E-state index in [1.165, 1.54) is 24.3 Å². The Kier molecular flexibility index (Phi) is 5.55. The Balaban J connectivity index is 1.56. The first-order valence-electron chi connectivity index (χ1n) is 8.12. The zero-order valence-electron chi connectivity index (χ0n) is 14.6. The first-order valence-corrected chi connectivity index (χ1v) is 8.50. The van der Waals surface area contributed by atoms with Gasteiger partial charge in [-0.15, -0.1) is 0 Å². The molecule has 0 aromatic heterocycles. The Morgan fingerprint density at radius 2 is 1.72 bits per heavy atom. The van der Waals surface area contributed by atoms with Crippen LogP contribution in [-0.2, 0) is 14.3 Å². The smallest absolute Gasteiger partial charge is 0.326 e. The zero-order valence-corrected chi connectivity index (χ0v) is 15.3. The lowest BCUT2D eigenvalue weighted by atomic mass is 10.1. The number of nitro benzene ring substituents is 1. The number of nitrogens with one attached hydrogen (secondary N) is 1. The predicted octanol–water partition coefficient (Wildman–Crippen LogP) is 2.03. The van der Waals surface area contributed by atoms with Crippen LogP contribution in [0.4, 0.5) is 11.4 Å². The van der Waals surface area contributed by atoms with Gasteiger partial charge in [-0.25, -0.2) is 0 Å². The number of carbonyl (C=O) groups is 4. The minimum atomic E-state index is -0.972. The van der Waals surface area contributed by atoms with Crippen molar-refractivity contribution in [2.24, 2.45) is 0 Å². The van der Waals surface area contributed by atoms with Gasteiger partial charge in [0.05, 0.1) is 26.8 Å². The Morgan fingerprint density at radius 1 is 1.10 bits per heavy atom. The fraction of sp³-hybridized carbons (Fsp3) is 0.111. The maximum atomic E-state index is 12.2. The monoisotopic (exact) mass is 417 g/mol. The summed E-state index contributed by atoms with van der Waals surface area (Å²) in [5, 5.41) is 13.1. The number of fused-ring (bicyclic) bond motifs is 1. The van der Waals surface area contributed by atoms with E-state index in [-0.39, 0.29) is 27.5 Å². The number of rotatable bonds is 6. The standard InChI is InChI=1S/C18H12ClN3O7/c19-13-6-5-10(22(27)28)7-14(13)20-15(23)9-29-16(24)8-21-17(25)11-3-1-2-4-12(11)18(21)26/h1-7H,8-9H2,(H,20,23). The molecule has 3 amide bonds. The van der Waals surface area contributed by atoms with Gasteiger partial charge in [-0.2, -0.15) is 0 Å². The highest BCUT2D eigenvalue weighted by Gasteiger charge is 2.36. The van der Waals surface area contributed by atoms with Gasteiger partial charge >= 0.3 is 5.97 Å². The van der Waals surface area contributed by atoms with Gasteiger partial charge in [-0.1, -0.05) is 23.7 Å². The number of anilines is 1. The number of non-ortho nitro benzene ring substituents is 1. The highest BCUT2D eigenvalue weighted by Crippen LogP contribution is 2.26. The van der Waals surface area contributed by atoms with E-state index in [2.05, 4.69) is 5.32 Å². The molecule has 1 N–H and O–H groups in total. The second-order valence-electron chi connectivity index (χ2n) is 5.87. The van der Waals surface area contributed by atoms with E-state index in [9.17, 15) is 29.3 Å². The Bertz CT molecular complexity index is 1020. The van der Waals surface area contributed by atoms with E-state index in [0.717, 1.165) is 11.0 Å². The summed E-state index contributed by atoms with van der Waals surface area (Å²) >= 11 is 5.87. The summed E-state index contributed by atoms with van der Waals surface area (Å²) in [5.41, 5.74) is 0.0568. The van der Waals surface area contributed by atoms with Crippen molar-refractivity contribution < 1.29 is 28.8 Å². The fourth-order valence-electron chi connectivity index (χ4n) is 2.61. The van der Waals surface area contributed by atoms with Gasteiger partial charge in [-0.05, 0) is 18.2 Å². The molecule has 0 radical (unpaired) electrons. The maximum Gasteiger partial charge on any atom is 0.326 e. The number of hydrogen-bond acceptors (Lipinski definition) is 7. The van der Waals surface area contributed by atoms with Crippen LogP contribution in [0.5, 0.6) is 0 Å².